The van der Waals surface area contributed by atoms with E-state index in [0.29, 0.717) is 45.8 Å². The minimum absolute atomic E-state index is 0.456. The summed E-state index contributed by atoms with van der Waals surface area (Å²) in [7, 11) is 0. The van der Waals surface area contributed by atoms with Gasteiger partial charge in [-0.2, -0.15) is 10.2 Å². The molecule has 7 N–H and O–H groups in total. The van der Waals surface area contributed by atoms with E-state index >= 15 is 0 Å². The molecule has 0 aromatic carbocycles. The van der Waals surface area contributed by atoms with E-state index in [1.54, 1.807) is 36.4 Å². The number of esters is 1. The summed E-state index contributed by atoms with van der Waals surface area (Å²) >= 11 is 2.56. The topological polar surface area (TPSA) is 224 Å². The maximum Gasteiger partial charge on any atom is 0.350 e. The van der Waals surface area contributed by atoms with Crippen LogP contribution in [0.4, 0.5) is 21.6 Å². The second-order valence-corrected chi connectivity index (χ2v) is 17.2. The molecule has 0 spiro atoms. The van der Waals surface area contributed by atoms with Crippen LogP contribution in [-0.4, -0.2) is 86.8 Å². The van der Waals surface area contributed by atoms with Crippen LogP contribution in [0.15, 0.2) is 73.9 Å². The van der Waals surface area contributed by atoms with Gasteiger partial charge in [-0.25, -0.2) is 29.4 Å². The number of carbonyl (C=O) groups excluding carboxylic acids is 2. The lowest BCUT2D eigenvalue weighted by molar-refractivity contribution is 0.0123. The Labute approximate surface area is 362 Å². The zero-order valence-corrected chi connectivity index (χ0v) is 35.5. The first kappa shape index (κ1) is 39.2. The van der Waals surface area contributed by atoms with Crippen LogP contribution in [0.1, 0.15) is 67.9 Å². The van der Waals surface area contributed by atoms with Gasteiger partial charge in [0.05, 0.1) is 62.4 Å². The number of hydrogen-bond acceptors (Lipinski definition) is 15. The first-order valence-electron chi connectivity index (χ1n) is 20.0. The quantitative estimate of drug-likeness (QED) is 0.0725. The van der Waals surface area contributed by atoms with Crippen LogP contribution in [0, 0.1) is 13.8 Å². The lowest BCUT2D eigenvalue weighted by Crippen LogP contribution is -2.22. The number of primary amides is 1. The molecule has 8 aromatic rings. The second kappa shape index (κ2) is 16.1. The van der Waals surface area contributed by atoms with Crippen LogP contribution in [-0.2, 0) is 4.74 Å². The van der Waals surface area contributed by atoms with Gasteiger partial charge in [-0.1, -0.05) is 12.2 Å². The maximum atomic E-state index is 13.8. The Hall–Kier alpha value is -7.00. The van der Waals surface area contributed by atoms with E-state index in [9.17, 15) is 9.59 Å². The molecule has 0 radical (unpaired) electrons. The van der Waals surface area contributed by atoms with E-state index in [4.69, 9.17) is 30.4 Å². The molecule has 1 atom stereocenters. The Bertz CT molecular complexity index is 3080. The maximum absolute atomic E-state index is 13.8. The van der Waals surface area contributed by atoms with Gasteiger partial charge in [-0.05, 0) is 81.1 Å². The minimum Gasteiger partial charge on any atom is -0.436 e. The third-order valence-electron chi connectivity index (χ3n) is 10.8. The minimum atomic E-state index is -0.732. The Morgan fingerprint density at radius 2 is 1.37 bits per heavy atom. The van der Waals surface area contributed by atoms with Crippen LogP contribution in [0.2, 0.25) is 0 Å². The fourth-order valence-corrected chi connectivity index (χ4v) is 9.53. The molecule has 1 unspecified atom stereocenters. The van der Waals surface area contributed by atoms with Crippen molar-refractivity contribution in [2.75, 3.05) is 36.8 Å². The molecule has 18 nitrogen and oxygen atoms in total. The van der Waals surface area contributed by atoms with Gasteiger partial charge < -0.3 is 31.7 Å². The molecule has 0 saturated heterocycles. The second-order valence-electron chi connectivity index (χ2n) is 15.1. The molecular formula is C42H41N15O3S2. The summed E-state index contributed by atoms with van der Waals surface area (Å²) in [6.45, 7) is 8.72. The fourth-order valence-electron chi connectivity index (χ4n) is 7.65. The van der Waals surface area contributed by atoms with Crippen molar-refractivity contribution in [2.24, 2.45) is 5.73 Å². The Balaban J connectivity index is 0.901. The predicted octanol–water partition coefficient (Wildman–Crippen LogP) is 6.48. The Morgan fingerprint density at radius 3 is 1.90 bits per heavy atom. The van der Waals surface area contributed by atoms with E-state index in [1.165, 1.54) is 22.7 Å². The molecule has 2 aliphatic rings. The normalized spacial score (nSPS) is 14.8. The number of ether oxygens (including phenoxy) is 1. The molecule has 0 aliphatic carbocycles. The lowest BCUT2D eigenvalue weighted by Gasteiger charge is -2.16. The smallest absolute Gasteiger partial charge is 0.350 e. The number of thiophene rings is 2. The van der Waals surface area contributed by atoms with Gasteiger partial charge in [-0.3, -0.25) is 18.7 Å². The number of imidazole rings is 2. The van der Waals surface area contributed by atoms with Crippen molar-refractivity contribution in [2.45, 2.75) is 39.8 Å². The molecule has 0 saturated carbocycles. The first-order valence-corrected chi connectivity index (χ1v) is 21.7. The number of H-pyrrole nitrogens is 1. The highest BCUT2D eigenvalue weighted by Gasteiger charge is 2.24. The number of hydrogen-bond donors (Lipinski definition) is 6. The van der Waals surface area contributed by atoms with Crippen LogP contribution >= 0.6 is 22.7 Å². The van der Waals surface area contributed by atoms with Gasteiger partial charge in [0.2, 0.25) is 0 Å². The number of carbonyl (C=O) groups is 2. The molecule has 8 aromatic heterocycles. The van der Waals surface area contributed by atoms with Crippen molar-refractivity contribution in [3.63, 3.8) is 0 Å². The molecule has 62 heavy (non-hydrogen) atoms. The summed E-state index contributed by atoms with van der Waals surface area (Å²) in [5, 5.41) is 26.8. The van der Waals surface area contributed by atoms with Gasteiger partial charge in [0.25, 0.3) is 5.91 Å². The number of nitrogens with two attached hydrogens (primary N) is 1. The lowest BCUT2D eigenvalue weighted by atomic mass is 10.1. The number of aromatic amines is 1. The molecule has 1 amide bonds. The number of aryl methyl sites for hydroxylation is 2. The highest BCUT2D eigenvalue weighted by atomic mass is 32.1. The van der Waals surface area contributed by atoms with Gasteiger partial charge in [0.1, 0.15) is 4.88 Å². The van der Waals surface area contributed by atoms with Crippen molar-refractivity contribution >= 4 is 78.6 Å². The number of amides is 1. The average molecular weight is 868 g/mol. The molecule has 2 aliphatic heterocycles. The molecule has 0 bridgehead atoms. The molecule has 314 valence electrons. The number of nitrogens with zero attached hydrogens (tertiary/aromatic N) is 9. The largest absolute Gasteiger partial charge is 0.436 e. The summed E-state index contributed by atoms with van der Waals surface area (Å²) in [5.74, 6) is 0.141. The van der Waals surface area contributed by atoms with Crippen LogP contribution in [0.5, 0.6) is 0 Å². The van der Waals surface area contributed by atoms with E-state index < -0.39 is 18.1 Å². The standard InChI is InChI=1S/C42H41N15O3S2/c1-22-10-33(61-35(22)37(43)58)53-39-41-47-18-32(56(41)21-30(52-39)26-7-5-9-45-13-26)28-16-50-57(19-28)24(3)60-42(59)36-23(2)11-34(62-36)54-38-40-46-17-31(27-14-48-49-15-27)55(40)20-29(51-38)25-6-4-8-44-12-25/h6-7,10-11,14-21,24,44-45H,4-5,8-9,12-13H2,1-3H3,(H2,43,58)(H,48,49)(H,51,54)(H,52,53). The predicted molar refractivity (Wildman–Crippen MR) is 239 cm³/mol. The van der Waals surface area contributed by atoms with Crippen molar-refractivity contribution in [3.05, 3.63) is 106 Å². The molecule has 10 heterocycles. The number of aromatic nitrogens is 10. The van der Waals surface area contributed by atoms with Crippen LogP contribution < -0.4 is 27.0 Å². The van der Waals surface area contributed by atoms with Crippen molar-refractivity contribution in [1.29, 1.82) is 0 Å². The van der Waals surface area contributed by atoms with E-state index in [2.05, 4.69) is 48.7 Å². The zero-order chi connectivity index (χ0) is 42.5. The Kier molecular flexibility index (Phi) is 10.2. The molecule has 20 heteroatoms. The van der Waals surface area contributed by atoms with E-state index in [-0.39, 0.29) is 0 Å². The average Bonchev–Trinajstić information content (AvgIpc) is 4.14. The third kappa shape index (κ3) is 7.42. The zero-order valence-electron chi connectivity index (χ0n) is 33.9. The van der Waals surface area contributed by atoms with Crippen molar-refractivity contribution in [1.82, 2.24) is 59.3 Å². The van der Waals surface area contributed by atoms with E-state index in [1.807, 2.05) is 59.6 Å². The van der Waals surface area contributed by atoms with Crippen molar-refractivity contribution < 1.29 is 14.3 Å². The van der Waals surface area contributed by atoms with Gasteiger partial charge in [0, 0.05) is 49.0 Å². The molecule has 0 fully saturated rings. The van der Waals surface area contributed by atoms with Crippen LogP contribution in [0.3, 0.4) is 0 Å². The van der Waals surface area contributed by atoms with Gasteiger partial charge >= 0.3 is 5.97 Å². The molecular weight excluding hydrogens is 827 g/mol. The number of nitrogens with one attached hydrogen (secondary N) is 5. The molecule has 10 rings (SSSR count). The number of anilines is 4. The summed E-state index contributed by atoms with van der Waals surface area (Å²) in [6.07, 6.45) is 20.1. The van der Waals surface area contributed by atoms with E-state index in [0.717, 1.165) is 92.1 Å². The number of fused-ring (bicyclic) bond motifs is 2. The highest BCUT2D eigenvalue weighted by molar-refractivity contribution is 7.18. The Morgan fingerprint density at radius 1 is 0.790 bits per heavy atom. The van der Waals surface area contributed by atoms with Gasteiger partial charge in [0.15, 0.2) is 29.2 Å². The van der Waals surface area contributed by atoms with Crippen LogP contribution in [0.25, 0.3) is 45.0 Å². The SMILES string of the molecule is Cc1cc(Nc2nc(C3=CCCNC3)cn3c(-c4cnn(C(C)OC(=O)c5sc(Nc6nc(C7=CCCNC7)cn7c(-c8cn[nH]c8)cnc67)cc5C)c4)cnc23)sc1C(N)=O. The number of rotatable bonds is 12. The van der Waals surface area contributed by atoms with Gasteiger partial charge in [-0.15, -0.1) is 22.7 Å². The summed E-state index contributed by atoms with van der Waals surface area (Å²) in [4.78, 5) is 46.2. The fraction of sp³-hybridized carbons (Fsp3) is 0.238. The first-order chi connectivity index (χ1) is 30.2. The van der Waals surface area contributed by atoms with Crippen molar-refractivity contribution in [3.8, 4) is 22.5 Å². The monoisotopic (exact) mass is 867 g/mol. The summed E-state index contributed by atoms with van der Waals surface area (Å²) < 4.78 is 11.6. The third-order valence-corrected chi connectivity index (χ3v) is 13.1. The summed E-state index contributed by atoms with van der Waals surface area (Å²) in [6, 6.07) is 3.79. The highest BCUT2D eigenvalue weighted by Crippen LogP contribution is 2.35. The summed E-state index contributed by atoms with van der Waals surface area (Å²) in [5.41, 5.74) is 15.4.